The van der Waals surface area contributed by atoms with Crippen molar-refractivity contribution in [2.75, 3.05) is 26.7 Å². The molecule has 0 bridgehead atoms. The fourth-order valence-corrected chi connectivity index (χ4v) is 2.52. The molecule has 1 aliphatic heterocycles. The van der Waals surface area contributed by atoms with E-state index in [0.717, 1.165) is 45.4 Å². The molecule has 2 rings (SSSR count). The van der Waals surface area contributed by atoms with Gasteiger partial charge in [0.05, 0.1) is 5.92 Å². The lowest BCUT2D eigenvalue weighted by Gasteiger charge is -2.28. The van der Waals surface area contributed by atoms with Crippen molar-refractivity contribution in [3.63, 3.8) is 0 Å². The smallest absolute Gasteiger partial charge is 0.224 e. The maximum absolute atomic E-state index is 12.0. The van der Waals surface area contributed by atoms with Gasteiger partial charge >= 0.3 is 0 Å². The normalized spacial score (nSPS) is 20.8. The molecule has 1 aliphatic rings. The number of nitrogens with zero attached hydrogens (tertiary/aromatic N) is 2. The number of piperidine rings is 1. The van der Waals surface area contributed by atoms with Gasteiger partial charge in [0.15, 0.2) is 0 Å². The molecule has 1 aromatic heterocycles. The number of carbonyl (C=O) groups is 1. The zero-order valence-corrected chi connectivity index (χ0v) is 11.1. The Morgan fingerprint density at radius 2 is 2.17 bits per heavy atom. The van der Waals surface area contributed by atoms with E-state index in [4.69, 9.17) is 0 Å². The SMILES string of the molecule is CN1CCCC(C(=O)NCCCn2cccc2)C1. The second-order valence-corrected chi connectivity index (χ2v) is 5.17. The van der Waals surface area contributed by atoms with Crippen LogP contribution in [0.2, 0.25) is 0 Å². The molecule has 4 heteroatoms. The molecule has 2 heterocycles. The molecule has 1 saturated heterocycles. The highest BCUT2D eigenvalue weighted by molar-refractivity contribution is 5.78. The van der Waals surface area contributed by atoms with Gasteiger partial charge in [-0.2, -0.15) is 0 Å². The van der Waals surface area contributed by atoms with E-state index < -0.39 is 0 Å². The molecule has 4 nitrogen and oxygen atoms in total. The second kappa shape index (κ2) is 6.59. The molecule has 0 aliphatic carbocycles. The van der Waals surface area contributed by atoms with E-state index in [0.29, 0.717) is 0 Å². The van der Waals surface area contributed by atoms with Crippen molar-refractivity contribution in [1.82, 2.24) is 14.8 Å². The first-order valence-corrected chi connectivity index (χ1v) is 6.83. The first-order valence-electron chi connectivity index (χ1n) is 6.83. The van der Waals surface area contributed by atoms with Crippen LogP contribution < -0.4 is 5.32 Å². The monoisotopic (exact) mass is 249 g/mol. The third-order valence-electron chi connectivity index (χ3n) is 3.55. The van der Waals surface area contributed by atoms with Gasteiger partial charge in [-0.25, -0.2) is 0 Å². The number of aryl methyl sites for hydroxylation is 1. The fourth-order valence-electron chi connectivity index (χ4n) is 2.52. The van der Waals surface area contributed by atoms with Crippen LogP contribution in [-0.4, -0.2) is 42.1 Å². The maximum atomic E-state index is 12.0. The Morgan fingerprint density at radius 1 is 1.39 bits per heavy atom. The molecular formula is C14H23N3O. The van der Waals surface area contributed by atoms with Gasteiger partial charge in [0.1, 0.15) is 0 Å². The van der Waals surface area contributed by atoms with Crippen LogP contribution in [0.1, 0.15) is 19.3 Å². The van der Waals surface area contributed by atoms with Crippen molar-refractivity contribution >= 4 is 5.91 Å². The molecule has 0 spiro atoms. The minimum atomic E-state index is 0.190. The third-order valence-corrected chi connectivity index (χ3v) is 3.55. The van der Waals surface area contributed by atoms with Crippen molar-refractivity contribution < 1.29 is 4.79 Å². The Balaban J connectivity index is 1.62. The summed E-state index contributed by atoms with van der Waals surface area (Å²) in [6, 6.07) is 4.05. The van der Waals surface area contributed by atoms with E-state index in [1.165, 1.54) is 0 Å². The van der Waals surface area contributed by atoms with Crippen LogP contribution in [0.4, 0.5) is 0 Å². The Hall–Kier alpha value is -1.29. The molecule has 1 amide bonds. The van der Waals surface area contributed by atoms with Gasteiger partial charge in [-0.15, -0.1) is 0 Å². The number of aromatic nitrogens is 1. The Morgan fingerprint density at radius 3 is 2.89 bits per heavy atom. The lowest BCUT2D eigenvalue weighted by atomic mass is 9.97. The quantitative estimate of drug-likeness (QED) is 0.800. The molecule has 1 atom stereocenters. The van der Waals surface area contributed by atoms with E-state index in [9.17, 15) is 4.79 Å². The number of likely N-dealkylation sites (tertiary alicyclic amines) is 1. The minimum Gasteiger partial charge on any atom is -0.356 e. The van der Waals surface area contributed by atoms with Gasteiger partial charge in [-0.3, -0.25) is 4.79 Å². The number of hydrogen-bond acceptors (Lipinski definition) is 2. The summed E-state index contributed by atoms with van der Waals surface area (Å²) in [5.74, 6) is 0.421. The van der Waals surface area contributed by atoms with Crippen LogP contribution in [-0.2, 0) is 11.3 Å². The molecule has 1 aromatic rings. The summed E-state index contributed by atoms with van der Waals surface area (Å²) >= 11 is 0. The minimum absolute atomic E-state index is 0.190. The summed E-state index contributed by atoms with van der Waals surface area (Å²) in [5, 5.41) is 3.06. The summed E-state index contributed by atoms with van der Waals surface area (Å²) < 4.78 is 2.14. The highest BCUT2D eigenvalue weighted by Gasteiger charge is 2.23. The number of amides is 1. The summed E-state index contributed by atoms with van der Waals surface area (Å²) in [4.78, 5) is 14.2. The van der Waals surface area contributed by atoms with Crippen LogP contribution in [0.25, 0.3) is 0 Å². The largest absolute Gasteiger partial charge is 0.356 e. The molecule has 0 aromatic carbocycles. The highest BCUT2D eigenvalue weighted by Crippen LogP contribution is 2.14. The van der Waals surface area contributed by atoms with Crippen LogP contribution in [0, 0.1) is 5.92 Å². The number of nitrogens with one attached hydrogen (secondary N) is 1. The molecule has 1 N–H and O–H groups in total. The summed E-state index contributed by atoms with van der Waals surface area (Å²) in [6.45, 7) is 3.77. The molecule has 0 saturated carbocycles. The molecule has 1 unspecified atom stereocenters. The van der Waals surface area contributed by atoms with Gasteiger partial charge < -0.3 is 14.8 Å². The topological polar surface area (TPSA) is 37.3 Å². The van der Waals surface area contributed by atoms with E-state index in [1.807, 2.05) is 12.1 Å². The third kappa shape index (κ3) is 3.88. The lowest BCUT2D eigenvalue weighted by molar-refractivity contribution is -0.126. The van der Waals surface area contributed by atoms with Gasteiger partial charge in [-0.05, 0) is 45.0 Å². The van der Waals surface area contributed by atoms with E-state index in [-0.39, 0.29) is 11.8 Å². The standard InChI is InChI=1S/C14H23N3O/c1-16-8-4-6-13(12-16)14(18)15-7-5-11-17-9-2-3-10-17/h2-3,9-10,13H,4-8,11-12H2,1H3,(H,15,18). The molecule has 18 heavy (non-hydrogen) atoms. The molecule has 100 valence electrons. The van der Waals surface area contributed by atoms with Crippen LogP contribution in [0.3, 0.4) is 0 Å². The number of carbonyl (C=O) groups excluding carboxylic acids is 1. The van der Waals surface area contributed by atoms with Crippen molar-refractivity contribution in [3.05, 3.63) is 24.5 Å². The predicted octanol–water partition coefficient (Wildman–Crippen LogP) is 1.34. The van der Waals surface area contributed by atoms with Gasteiger partial charge in [0.2, 0.25) is 5.91 Å². The predicted molar refractivity (Wildman–Crippen MR) is 72.3 cm³/mol. The Kier molecular flexibility index (Phi) is 4.81. The van der Waals surface area contributed by atoms with Crippen molar-refractivity contribution in [2.45, 2.75) is 25.8 Å². The van der Waals surface area contributed by atoms with Gasteiger partial charge in [0, 0.05) is 32.0 Å². The van der Waals surface area contributed by atoms with E-state index >= 15 is 0 Å². The first-order chi connectivity index (χ1) is 8.75. The van der Waals surface area contributed by atoms with Gasteiger partial charge in [-0.1, -0.05) is 0 Å². The maximum Gasteiger partial charge on any atom is 0.224 e. The zero-order valence-electron chi connectivity index (χ0n) is 11.1. The number of rotatable bonds is 5. The molecular weight excluding hydrogens is 226 g/mol. The van der Waals surface area contributed by atoms with Crippen LogP contribution >= 0.6 is 0 Å². The fraction of sp³-hybridized carbons (Fsp3) is 0.643. The van der Waals surface area contributed by atoms with Crippen LogP contribution in [0.15, 0.2) is 24.5 Å². The second-order valence-electron chi connectivity index (χ2n) is 5.17. The Bertz CT molecular complexity index is 361. The number of hydrogen-bond donors (Lipinski definition) is 1. The summed E-state index contributed by atoms with van der Waals surface area (Å²) in [7, 11) is 2.09. The molecule has 1 fully saturated rings. The highest BCUT2D eigenvalue weighted by atomic mass is 16.1. The summed E-state index contributed by atoms with van der Waals surface area (Å²) in [5.41, 5.74) is 0. The average Bonchev–Trinajstić information content (AvgIpc) is 2.87. The van der Waals surface area contributed by atoms with Crippen molar-refractivity contribution in [1.29, 1.82) is 0 Å². The Labute approximate surface area is 109 Å². The summed E-state index contributed by atoms with van der Waals surface area (Å²) in [6.07, 6.45) is 7.27. The average molecular weight is 249 g/mol. The zero-order chi connectivity index (χ0) is 12.8. The van der Waals surface area contributed by atoms with E-state index in [2.05, 4.69) is 34.2 Å². The van der Waals surface area contributed by atoms with E-state index in [1.54, 1.807) is 0 Å². The van der Waals surface area contributed by atoms with Gasteiger partial charge in [0.25, 0.3) is 0 Å². The lowest BCUT2D eigenvalue weighted by Crippen LogP contribution is -2.41. The van der Waals surface area contributed by atoms with Crippen LogP contribution in [0.5, 0.6) is 0 Å². The van der Waals surface area contributed by atoms with Crippen molar-refractivity contribution in [3.8, 4) is 0 Å². The van der Waals surface area contributed by atoms with Crippen molar-refractivity contribution in [2.24, 2.45) is 5.92 Å². The first kappa shape index (κ1) is 13.1. The molecule has 0 radical (unpaired) electrons.